The second kappa shape index (κ2) is 8.29. The first-order chi connectivity index (χ1) is 13.0. The van der Waals surface area contributed by atoms with Gasteiger partial charge in [-0.25, -0.2) is 0 Å². The summed E-state index contributed by atoms with van der Waals surface area (Å²) in [4.78, 5) is 32.3. The summed E-state index contributed by atoms with van der Waals surface area (Å²) in [5.74, 6) is 0.866. The van der Waals surface area contributed by atoms with Crippen LogP contribution in [0.15, 0.2) is 36.5 Å². The quantitative estimate of drug-likeness (QED) is 0.900. The predicted molar refractivity (Wildman–Crippen MR) is 104 cm³/mol. The maximum Gasteiger partial charge on any atom is 0.270 e. The number of amides is 2. The molecule has 3 rings (SSSR count). The minimum atomic E-state index is -0.0384. The molecule has 1 aromatic carbocycles. The number of aromatic amines is 1. The Kier molecular flexibility index (Phi) is 5.84. The first kappa shape index (κ1) is 19.0. The van der Waals surface area contributed by atoms with Crippen molar-refractivity contribution in [2.24, 2.45) is 0 Å². The second-order valence-corrected chi connectivity index (χ2v) is 7.14. The number of nitrogens with one attached hydrogen (secondary N) is 1. The molecule has 0 unspecified atom stereocenters. The first-order valence-corrected chi connectivity index (χ1v) is 9.41. The van der Waals surface area contributed by atoms with Gasteiger partial charge in [0.05, 0.1) is 12.7 Å². The molecule has 2 heterocycles. The standard InChI is InChI=1S/C21H27N3O3/c1-15(2)16-7-8-19(27-3)17(14-16)20(25)23-10-5-11-24(13-12-23)21(26)18-6-4-9-22-18/h4,6-9,14-15,22H,5,10-13H2,1-3H3. The summed E-state index contributed by atoms with van der Waals surface area (Å²) in [5, 5.41) is 0. The SMILES string of the molecule is COc1ccc(C(C)C)cc1C(=O)N1CCCN(C(=O)c2ccc[nH]2)CC1. The van der Waals surface area contributed by atoms with Gasteiger partial charge in [0.25, 0.3) is 11.8 Å². The summed E-state index contributed by atoms with van der Waals surface area (Å²) in [6.45, 7) is 6.52. The summed E-state index contributed by atoms with van der Waals surface area (Å²) in [7, 11) is 1.58. The first-order valence-electron chi connectivity index (χ1n) is 9.41. The van der Waals surface area contributed by atoms with Crippen LogP contribution in [0.25, 0.3) is 0 Å². The Morgan fingerprint density at radius 1 is 1.04 bits per heavy atom. The highest BCUT2D eigenvalue weighted by atomic mass is 16.5. The molecule has 0 radical (unpaired) electrons. The van der Waals surface area contributed by atoms with E-state index in [1.165, 1.54) is 0 Å². The van der Waals surface area contributed by atoms with Crippen molar-refractivity contribution in [2.75, 3.05) is 33.3 Å². The maximum absolute atomic E-state index is 13.1. The third-order valence-electron chi connectivity index (χ3n) is 5.02. The topological polar surface area (TPSA) is 65.6 Å². The molecular formula is C21H27N3O3. The van der Waals surface area contributed by atoms with Crippen LogP contribution >= 0.6 is 0 Å². The van der Waals surface area contributed by atoms with E-state index >= 15 is 0 Å². The van der Waals surface area contributed by atoms with Crippen molar-refractivity contribution < 1.29 is 14.3 Å². The van der Waals surface area contributed by atoms with Crippen LogP contribution in [-0.4, -0.2) is 59.9 Å². The summed E-state index contributed by atoms with van der Waals surface area (Å²) in [5.41, 5.74) is 2.28. The Balaban J connectivity index is 1.74. The van der Waals surface area contributed by atoms with Crippen LogP contribution in [0.5, 0.6) is 5.75 Å². The van der Waals surface area contributed by atoms with E-state index in [2.05, 4.69) is 18.8 Å². The monoisotopic (exact) mass is 369 g/mol. The van der Waals surface area contributed by atoms with Gasteiger partial charge in [-0.3, -0.25) is 9.59 Å². The van der Waals surface area contributed by atoms with Crippen molar-refractivity contribution in [3.05, 3.63) is 53.3 Å². The van der Waals surface area contributed by atoms with E-state index in [1.54, 1.807) is 24.3 Å². The van der Waals surface area contributed by atoms with Crippen molar-refractivity contribution >= 4 is 11.8 Å². The number of hydrogen-bond donors (Lipinski definition) is 1. The summed E-state index contributed by atoms with van der Waals surface area (Å²) in [6, 6.07) is 9.38. The van der Waals surface area contributed by atoms with Crippen LogP contribution in [-0.2, 0) is 0 Å². The molecule has 1 aromatic heterocycles. The highest BCUT2D eigenvalue weighted by Gasteiger charge is 2.25. The minimum absolute atomic E-state index is 0.0197. The molecular weight excluding hydrogens is 342 g/mol. The van der Waals surface area contributed by atoms with Gasteiger partial charge in [0.2, 0.25) is 0 Å². The molecule has 1 N–H and O–H groups in total. The zero-order chi connectivity index (χ0) is 19.4. The van der Waals surface area contributed by atoms with Gasteiger partial charge in [-0.1, -0.05) is 19.9 Å². The highest BCUT2D eigenvalue weighted by molar-refractivity contribution is 5.97. The van der Waals surface area contributed by atoms with E-state index in [1.807, 2.05) is 29.2 Å². The number of hydrogen-bond acceptors (Lipinski definition) is 3. The average molecular weight is 369 g/mol. The van der Waals surface area contributed by atoms with Crippen molar-refractivity contribution in [3.63, 3.8) is 0 Å². The Morgan fingerprint density at radius 2 is 1.74 bits per heavy atom. The van der Waals surface area contributed by atoms with Crippen molar-refractivity contribution in [3.8, 4) is 5.75 Å². The molecule has 1 aliphatic heterocycles. The molecule has 0 bridgehead atoms. The fraction of sp³-hybridized carbons (Fsp3) is 0.429. The zero-order valence-corrected chi connectivity index (χ0v) is 16.2. The van der Waals surface area contributed by atoms with E-state index in [9.17, 15) is 9.59 Å². The van der Waals surface area contributed by atoms with Gasteiger partial charge in [0, 0.05) is 32.4 Å². The molecule has 1 fully saturated rings. The zero-order valence-electron chi connectivity index (χ0n) is 16.2. The average Bonchev–Trinajstić information content (AvgIpc) is 3.11. The largest absolute Gasteiger partial charge is 0.496 e. The molecule has 2 amide bonds. The Labute approximate surface area is 160 Å². The predicted octanol–water partition coefficient (Wildman–Crippen LogP) is 3.14. The number of aromatic nitrogens is 1. The van der Waals surface area contributed by atoms with Crippen LogP contribution in [0.4, 0.5) is 0 Å². The van der Waals surface area contributed by atoms with Crippen LogP contribution < -0.4 is 4.74 Å². The number of H-pyrrole nitrogens is 1. The molecule has 1 aliphatic rings. The van der Waals surface area contributed by atoms with Crippen molar-refractivity contribution in [1.82, 2.24) is 14.8 Å². The Morgan fingerprint density at radius 3 is 2.33 bits per heavy atom. The smallest absolute Gasteiger partial charge is 0.270 e. The normalized spacial score (nSPS) is 15.0. The van der Waals surface area contributed by atoms with E-state index in [4.69, 9.17) is 4.74 Å². The molecule has 2 aromatic rings. The Hall–Kier alpha value is -2.76. The van der Waals surface area contributed by atoms with Crippen LogP contribution in [0.1, 0.15) is 52.6 Å². The number of nitrogens with zero attached hydrogens (tertiary/aromatic N) is 2. The molecule has 6 heteroatoms. The van der Waals surface area contributed by atoms with E-state index in [-0.39, 0.29) is 11.8 Å². The van der Waals surface area contributed by atoms with Gasteiger partial charge in [-0.2, -0.15) is 0 Å². The van der Waals surface area contributed by atoms with Gasteiger partial charge >= 0.3 is 0 Å². The molecule has 0 aliphatic carbocycles. The second-order valence-electron chi connectivity index (χ2n) is 7.14. The lowest BCUT2D eigenvalue weighted by Crippen LogP contribution is -2.37. The molecule has 6 nitrogen and oxygen atoms in total. The van der Waals surface area contributed by atoms with Crippen LogP contribution in [0.3, 0.4) is 0 Å². The number of rotatable bonds is 4. The number of ether oxygens (including phenoxy) is 1. The van der Waals surface area contributed by atoms with E-state index < -0.39 is 0 Å². The maximum atomic E-state index is 13.1. The lowest BCUT2D eigenvalue weighted by molar-refractivity contribution is 0.0714. The molecule has 144 valence electrons. The van der Waals surface area contributed by atoms with Gasteiger partial charge in [-0.15, -0.1) is 0 Å². The number of carbonyl (C=O) groups is 2. The van der Waals surface area contributed by atoms with Gasteiger partial charge in [-0.05, 0) is 42.2 Å². The van der Waals surface area contributed by atoms with Crippen LogP contribution in [0.2, 0.25) is 0 Å². The Bertz CT molecular complexity index is 799. The van der Waals surface area contributed by atoms with Gasteiger partial charge in [0.15, 0.2) is 0 Å². The molecule has 0 saturated carbocycles. The third kappa shape index (κ3) is 4.15. The number of methoxy groups -OCH3 is 1. The van der Waals surface area contributed by atoms with Crippen molar-refractivity contribution in [2.45, 2.75) is 26.2 Å². The molecule has 0 atom stereocenters. The van der Waals surface area contributed by atoms with Crippen molar-refractivity contribution in [1.29, 1.82) is 0 Å². The third-order valence-corrected chi connectivity index (χ3v) is 5.02. The number of carbonyl (C=O) groups excluding carboxylic acids is 2. The highest BCUT2D eigenvalue weighted by Crippen LogP contribution is 2.26. The summed E-state index contributed by atoms with van der Waals surface area (Å²) < 4.78 is 5.42. The fourth-order valence-corrected chi connectivity index (χ4v) is 3.38. The molecule has 1 saturated heterocycles. The van der Waals surface area contributed by atoms with E-state index in [0.717, 1.165) is 12.0 Å². The number of benzene rings is 1. The summed E-state index contributed by atoms with van der Waals surface area (Å²) in [6.07, 6.45) is 2.50. The van der Waals surface area contributed by atoms with E-state index in [0.29, 0.717) is 49.1 Å². The molecule has 27 heavy (non-hydrogen) atoms. The summed E-state index contributed by atoms with van der Waals surface area (Å²) >= 11 is 0. The van der Waals surface area contributed by atoms with Gasteiger partial charge < -0.3 is 19.5 Å². The lowest BCUT2D eigenvalue weighted by atomic mass is 9.99. The fourth-order valence-electron chi connectivity index (χ4n) is 3.38. The lowest BCUT2D eigenvalue weighted by Gasteiger charge is -2.23. The van der Waals surface area contributed by atoms with Gasteiger partial charge in [0.1, 0.15) is 11.4 Å². The van der Waals surface area contributed by atoms with Crippen LogP contribution in [0, 0.1) is 0 Å². The molecule has 0 spiro atoms. The minimum Gasteiger partial charge on any atom is -0.496 e.